The van der Waals surface area contributed by atoms with Gasteiger partial charge in [0.05, 0.1) is 45.5 Å². The normalized spacial score (nSPS) is 14.7. The van der Waals surface area contributed by atoms with Gasteiger partial charge in [0, 0.05) is 25.2 Å². The summed E-state index contributed by atoms with van der Waals surface area (Å²) in [6, 6.07) is 23.7. The van der Waals surface area contributed by atoms with Crippen LogP contribution in [0.4, 0.5) is 26.3 Å². The van der Waals surface area contributed by atoms with Crippen LogP contribution in [-0.2, 0) is 11.8 Å². The maximum absolute atomic E-state index is 12.4. The van der Waals surface area contributed by atoms with E-state index in [2.05, 4.69) is 58.0 Å². The van der Waals surface area contributed by atoms with Crippen molar-refractivity contribution < 1.29 is 64.3 Å². The Morgan fingerprint density at radius 2 is 1.38 bits per heavy atom. The molecule has 1 saturated heterocycles. The molecule has 5 rings (SSSR count). The van der Waals surface area contributed by atoms with Gasteiger partial charge in [-0.2, -0.15) is 31.6 Å². The van der Waals surface area contributed by atoms with E-state index in [9.17, 15) is 36.4 Å². The molecule has 4 aromatic carbocycles. The molecular formula is C55H75F6N5O8. The van der Waals surface area contributed by atoms with E-state index in [-0.39, 0.29) is 35.9 Å². The summed E-state index contributed by atoms with van der Waals surface area (Å²) in [7, 11) is 8.67. The lowest BCUT2D eigenvalue weighted by atomic mass is 9.69. The smallest absolute Gasteiger partial charge is 0.422 e. The van der Waals surface area contributed by atoms with Gasteiger partial charge in [0.25, 0.3) is 5.91 Å². The first-order chi connectivity index (χ1) is 35.0. The maximum atomic E-state index is 12.4. The summed E-state index contributed by atoms with van der Waals surface area (Å²) in [6.07, 6.45) is -3.80. The van der Waals surface area contributed by atoms with Crippen LogP contribution >= 0.6 is 0 Å². The third-order valence-electron chi connectivity index (χ3n) is 12.2. The molecule has 0 spiro atoms. The molecule has 3 atom stereocenters. The molecule has 0 saturated carbocycles. The summed E-state index contributed by atoms with van der Waals surface area (Å²) >= 11 is 0. The van der Waals surface area contributed by atoms with Gasteiger partial charge in [-0.15, -0.1) is 0 Å². The Labute approximate surface area is 432 Å². The predicted molar refractivity (Wildman–Crippen MR) is 274 cm³/mol. The third kappa shape index (κ3) is 20.7. The van der Waals surface area contributed by atoms with Gasteiger partial charge < -0.3 is 54.4 Å². The first kappa shape index (κ1) is 62.2. The molecule has 0 bridgehead atoms. The molecule has 1 aliphatic rings. The summed E-state index contributed by atoms with van der Waals surface area (Å²) in [5.74, 6) is 2.49. The summed E-state index contributed by atoms with van der Waals surface area (Å²) < 4.78 is 111. The molecule has 4 N–H and O–H groups in total. The fourth-order valence-electron chi connectivity index (χ4n) is 8.10. The van der Waals surface area contributed by atoms with Crippen molar-refractivity contribution in [2.75, 3.05) is 81.5 Å². The molecule has 1 aliphatic heterocycles. The number of amides is 1. The van der Waals surface area contributed by atoms with Crippen molar-refractivity contribution in [1.29, 1.82) is 5.26 Å². The molecule has 0 aliphatic carbocycles. The number of aryl methyl sites for hydroxylation is 2. The topological polar surface area (TPSA) is 159 Å². The number of hydrogen-bond acceptors (Lipinski definition) is 12. The second kappa shape index (κ2) is 30.3. The molecule has 13 nitrogen and oxygen atoms in total. The zero-order valence-corrected chi connectivity index (χ0v) is 44.4. The number of halogens is 6. The number of nitrogens with zero attached hydrogens (tertiary/aromatic N) is 2. The summed E-state index contributed by atoms with van der Waals surface area (Å²) in [4.78, 5) is 14.7. The average molecular weight is 1050 g/mol. The summed E-state index contributed by atoms with van der Waals surface area (Å²) in [5, 5.41) is 16.0. The van der Waals surface area contributed by atoms with E-state index in [1.165, 1.54) is 16.7 Å². The zero-order chi connectivity index (χ0) is 55.1. The number of benzene rings is 4. The van der Waals surface area contributed by atoms with Crippen molar-refractivity contribution in [3.63, 3.8) is 0 Å². The number of carbonyl (C=O) groups is 1. The van der Waals surface area contributed by atoms with Gasteiger partial charge in [-0.25, -0.2) is 0 Å². The third-order valence-corrected chi connectivity index (χ3v) is 12.2. The maximum Gasteiger partial charge on any atom is 0.422 e. The van der Waals surface area contributed by atoms with Gasteiger partial charge in [-0.05, 0) is 144 Å². The SMILES string of the molecule is COc1ccc(CCN(C)CCCC(C#N)(c2ccc(OC)c(OC)c2)C(C)C)cc1OC.Cc1cccc(C)c1OCC(C)N.O=C(NCC1CCCCN1)c1cc(OCC(F)(F)F)ccc1OCC(F)(F)F. The Kier molecular flexibility index (Phi) is 25.5. The number of ether oxygens (including phenoxy) is 7. The first-order valence-electron chi connectivity index (χ1n) is 24.5. The molecule has 4 aromatic rings. The number of nitrogens with one attached hydrogen (secondary N) is 2. The van der Waals surface area contributed by atoms with Crippen molar-refractivity contribution in [2.45, 2.75) is 103 Å². The Morgan fingerprint density at radius 3 is 1.93 bits per heavy atom. The number of carbonyl (C=O) groups excluding carboxylic acids is 1. The van der Waals surface area contributed by atoms with Crippen LogP contribution < -0.4 is 49.5 Å². The number of rotatable bonds is 23. The van der Waals surface area contributed by atoms with Crippen molar-refractivity contribution >= 4 is 5.91 Å². The highest BCUT2D eigenvalue weighted by Crippen LogP contribution is 2.40. The number of alkyl halides is 6. The molecule has 74 heavy (non-hydrogen) atoms. The molecule has 3 unspecified atom stereocenters. The average Bonchev–Trinajstić information content (AvgIpc) is 3.37. The molecule has 1 heterocycles. The van der Waals surface area contributed by atoms with E-state index >= 15 is 0 Å². The molecule has 1 fully saturated rings. The predicted octanol–water partition coefficient (Wildman–Crippen LogP) is 10.6. The van der Waals surface area contributed by atoms with E-state index in [4.69, 9.17) is 29.4 Å². The number of para-hydroxylation sites is 1. The number of piperidine rings is 1. The number of nitrogens with two attached hydrogens (primary N) is 1. The molecule has 0 radical (unpaired) electrons. The van der Waals surface area contributed by atoms with Gasteiger partial charge in [-0.3, -0.25) is 4.79 Å². The van der Waals surface area contributed by atoms with Crippen molar-refractivity contribution in [2.24, 2.45) is 11.7 Å². The zero-order valence-electron chi connectivity index (χ0n) is 44.4. The highest BCUT2D eigenvalue weighted by molar-refractivity contribution is 5.97. The molecule has 0 aromatic heterocycles. The minimum atomic E-state index is -4.63. The van der Waals surface area contributed by atoms with Crippen LogP contribution in [0.3, 0.4) is 0 Å². The Morgan fingerprint density at radius 1 is 0.784 bits per heavy atom. The standard InChI is InChI=1S/C27H38N2O4.C17H20F6N2O3.C11H17NO/c1-20(2)27(19-28,22-10-12-24(31-5)26(18-22)33-7)14-8-15-29(3)16-13-21-9-11-23(30-4)25(17-21)32-6;18-16(19,20)9-27-12-4-5-14(28-10-17(21,22)23)13(7-12)15(26)25-8-11-3-1-2-6-24-11;1-8-5-4-6-9(2)11(8)13-7-10(3)12/h9-12,17-18,20H,8,13-16H2,1-7H3;4-5,7,11,24H,1-3,6,8-10H2,(H,25,26);4-6,10H,7,12H2,1-3H3. The lowest BCUT2D eigenvalue weighted by molar-refractivity contribution is -0.154. The van der Waals surface area contributed by atoms with Crippen molar-refractivity contribution in [3.05, 3.63) is 101 Å². The van der Waals surface area contributed by atoms with Crippen LogP contribution in [-0.4, -0.2) is 117 Å². The molecule has 410 valence electrons. The van der Waals surface area contributed by atoms with Crippen LogP contribution in [0.25, 0.3) is 0 Å². The van der Waals surface area contributed by atoms with Crippen LogP contribution in [0, 0.1) is 31.1 Å². The second-order valence-corrected chi connectivity index (χ2v) is 18.5. The van der Waals surface area contributed by atoms with Crippen LogP contribution in [0.5, 0.6) is 40.2 Å². The van der Waals surface area contributed by atoms with E-state index in [0.29, 0.717) is 18.1 Å². The van der Waals surface area contributed by atoms with Gasteiger partial charge in [0.1, 0.15) is 23.9 Å². The fraction of sp³-hybridized carbons (Fsp3) is 0.527. The van der Waals surface area contributed by atoms with Crippen LogP contribution in [0.15, 0.2) is 72.8 Å². The molecule has 19 heteroatoms. The lowest BCUT2D eigenvalue weighted by Gasteiger charge is -2.32. The van der Waals surface area contributed by atoms with Gasteiger partial charge in [-0.1, -0.05) is 50.6 Å². The minimum Gasteiger partial charge on any atom is -0.493 e. The quantitative estimate of drug-likeness (QED) is 0.0605. The van der Waals surface area contributed by atoms with Crippen molar-refractivity contribution in [3.8, 4) is 46.3 Å². The summed E-state index contributed by atoms with van der Waals surface area (Å²) in [6.45, 7) is 10.5. The van der Waals surface area contributed by atoms with Crippen LogP contribution in [0.2, 0.25) is 0 Å². The monoisotopic (exact) mass is 1050 g/mol. The molecule has 1 amide bonds. The fourth-order valence-corrected chi connectivity index (χ4v) is 8.10. The first-order valence-corrected chi connectivity index (χ1v) is 24.5. The number of methoxy groups -OCH3 is 4. The minimum absolute atomic E-state index is 0.0157. The van der Waals surface area contributed by atoms with Gasteiger partial charge in [0.15, 0.2) is 36.2 Å². The van der Waals surface area contributed by atoms with E-state index in [1.807, 2.05) is 69.3 Å². The Bertz CT molecular complexity index is 2350. The van der Waals surface area contributed by atoms with E-state index in [0.717, 1.165) is 99.2 Å². The number of hydrogen-bond donors (Lipinski definition) is 3. The van der Waals surface area contributed by atoms with E-state index in [1.54, 1.807) is 28.4 Å². The Balaban J connectivity index is 0.000000318. The highest BCUT2D eigenvalue weighted by Gasteiger charge is 2.36. The second-order valence-electron chi connectivity index (χ2n) is 18.5. The Hall–Kier alpha value is -6.10. The number of likely N-dealkylation sites (N-methyl/N-ethyl adjacent to an activating group) is 1. The summed E-state index contributed by atoms with van der Waals surface area (Å²) in [5.41, 5.74) is 9.22. The molecular weight excluding hydrogens is 973 g/mol. The highest BCUT2D eigenvalue weighted by atomic mass is 19.4. The van der Waals surface area contributed by atoms with Crippen LogP contribution in [0.1, 0.15) is 85.5 Å². The van der Waals surface area contributed by atoms with E-state index < -0.39 is 42.6 Å². The lowest BCUT2D eigenvalue weighted by Crippen LogP contribution is -2.43. The van der Waals surface area contributed by atoms with Crippen molar-refractivity contribution in [1.82, 2.24) is 15.5 Å². The van der Waals surface area contributed by atoms with Gasteiger partial charge >= 0.3 is 12.4 Å². The number of nitriles is 1. The van der Waals surface area contributed by atoms with Gasteiger partial charge in [0.2, 0.25) is 0 Å². The largest absolute Gasteiger partial charge is 0.493 e.